The molecule has 2 atom stereocenters. The van der Waals surface area contributed by atoms with Gasteiger partial charge in [0.1, 0.15) is 0 Å². The van der Waals surface area contributed by atoms with E-state index in [0.717, 1.165) is 0 Å². The van der Waals surface area contributed by atoms with Crippen LogP contribution in [0.15, 0.2) is 54.6 Å². The highest BCUT2D eigenvalue weighted by Crippen LogP contribution is 2.41. The highest BCUT2D eigenvalue weighted by Gasteiger charge is 2.51. The Kier molecular flexibility index (Phi) is 3.11. The Hall–Kier alpha value is -2.46. The standard InChI is InChI=1S/C17H15NO3/c1-11(15(19)12-7-3-2-4-8-12)17(21)13-9-5-6-10-14(13)18-16(17)20/h2-11,21H,1H3,(H,18,20)/t11-,17-/m0/s1. The number of para-hydroxylation sites is 1. The Bertz CT molecular complexity index is 711. The molecule has 106 valence electrons. The number of hydrogen-bond acceptors (Lipinski definition) is 3. The van der Waals surface area contributed by atoms with Crippen molar-refractivity contribution in [3.8, 4) is 0 Å². The first-order valence-corrected chi connectivity index (χ1v) is 6.77. The minimum absolute atomic E-state index is 0.259. The van der Waals surface area contributed by atoms with Crippen molar-refractivity contribution < 1.29 is 14.7 Å². The summed E-state index contributed by atoms with van der Waals surface area (Å²) in [6, 6.07) is 15.6. The van der Waals surface area contributed by atoms with Gasteiger partial charge in [0.2, 0.25) is 0 Å². The van der Waals surface area contributed by atoms with Gasteiger partial charge in [-0.05, 0) is 6.07 Å². The molecule has 1 amide bonds. The number of carbonyl (C=O) groups excluding carboxylic acids is 2. The molecule has 0 aromatic heterocycles. The molecule has 4 nitrogen and oxygen atoms in total. The predicted octanol–water partition coefficient (Wildman–Crippen LogP) is 2.35. The lowest BCUT2D eigenvalue weighted by Crippen LogP contribution is -2.44. The first kappa shape index (κ1) is 13.5. The normalized spacial score (nSPS) is 21.5. The number of carbonyl (C=O) groups is 2. The number of fused-ring (bicyclic) bond motifs is 1. The molecule has 21 heavy (non-hydrogen) atoms. The number of rotatable bonds is 3. The second-order valence-corrected chi connectivity index (χ2v) is 5.22. The molecular formula is C17H15NO3. The van der Waals surface area contributed by atoms with Gasteiger partial charge in [-0.25, -0.2) is 0 Å². The fourth-order valence-electron chi connectivity index (χ4n) is 2.74. The maximum absolute atomic E-state index is 12.6. The van der Waals surface area contributed by atoms with E-state index in [0.29, 0.717) is 16.8 Å². The van der Waals surface area contributed by atoms with Crippen LogP contribution in [0.3, 0.4) is 0 Å². The van der Waals surface area contributed by atoms with E-state index in [4.69, 9.17) is 0 Å². The van der Waals surface area contributed by atoms with Crippen molar-refractivity contribution in [2.24, 2.45) is 5.92 Å². The van der Waals surface area contributed by atoms with Crippen molar-refractivity contribution in [2.45, 2.75) is 12.5 Å². The molecule has 2 aromatic carbocycles. The highest BCUT2D eigenvalue weighted by atomic mass is 16.3. The van der Waals surface area contributed by atoms with Gasteiger partial charge in [0.05, 0.1) is 5.92 Å². The zero-order chi connectivity index (χ0) is 15.0. The Morgan fingerprint density at radius 1 is 1.10 bits per heavy atom. The molecule has 0 fully saturated rings. The molecule has 1 aliphatic heterocycles. The molecule has 1 heterocycles. The molecular weight excluding hydrogens is 266 g/mol. The number of amides is 1. The van der Waals surface area contributed by atoms with Crippen LogP contribution in [-0.2, 0) is 10.4 Å². The van der Waals surface area contributed by atoms with Crippen molar-refractivity contribution in [2.75, 3.05) is 5.32 Å². The molecule has 0 aliphatic carbocycles. The summed E-state index contributed by atoms with van der Waals surface area (Å²) in [5, 5.41) is 13.5. The first-order valence-electron chi connectivity index (χ1n) is 6.77. The number of nitrogens with one attached hydrogen (secondary N) is 1. The zero-order valence-corrected chi connectivity index (χ0v) is 11.5. The summed E-state index contributed by atoms with van der Waals surface area (Å²) in [7, 11) is 0. The number of ketones is 1. The molecule has 0 saturated heterocycles. The summed E-state index contributed by atoms with van der Waals surface area (Å²) in [6.07, 6.45) is 0. The van der Waals surface area contributed by atoms with Crippen LogP contribution in [0.25, 0.3) is 0 Å². The summed E-state index contributed by atoms with van der Waals surface area (Å²) in [5.74, 6) is -1.69. The minimum Gasteiger partial charge on any atom is -0.375 e. The SMILES string of the molecule is C[C@@H](C(=O)c1ccccc1)[C@@]1(O)C(=O)Nc2ccccc21. The van der Waals surface area contributed by atoms with E-state index in [1.165, 1.54) is 0 Å². The molecule has 3 rings (SSSR count). The van der Waals surface area contributed by atoms with Crippen molar-refractivity contribution in [1.82, 2.24) is 0 Å². The molecule has 2 N–H and O–H groups in total. The summed E-state index contributed by atoms with van der Waals surface area (Å²) < 4.78 is 0. The van der Waals surface area contributed by atoms with Crippen LogP contribution in [0, 0.1) is 5.92 Å². The van der Waals surface area contributed by atoms with Crippen molar-refractivity contribution >= 4 is 17.4 Å². The zero-order valence-electron chi connectivity index (χ0n) is 11.5. The van der Waals surface area contributed by atoms with Gasteiger partial charge in [0, 0.05) is 16.8 Å². The quantitative estimate of drug-likeness (QED) is 0.849. The van der Waals surface area contributed by atoms with E-state index in [2.05, 4.69) is 5.32 Å². The van der Waals surface area contributed by atoms with E-state index in [9.17, 15) is 14.7 Å². The monoisotopic (exact) mass is 281 g/mol. The maximum atomic E-state index is 12.6. The fourth-order valence-corrected chi connectivity index (χ4v) is 2.74. The Morgan fingerprint density at radius 2 is 1.71 bits per heavy atom. The van der Waals surface area contributed by atoms with Crippen molar-refractivity contribution in [3.05, 3.63) is 65.7 Å². The number of benzene rings is 2. The summed E-state index contributed by atoms with van der Waals surface area (Å²) in [4.78, 5) is 24.8. The molecule has 0 saturated carbocycles. The summed E-state index contributed by atoms with van der Waals surface area (Å²) >= 11 is 0. The lowest BCUT2D eigenvalue weighted by atomic mass is 9.79. The first-order chi connectivity index (χ1) is 10.0. The van der Waals surface area contributed by atoms with E-state index >= 15 is 0 Å². The third kappa shape index (κ3) is 1.96. The van der Waals surface area contributed by atoms with Crippen LogP contribution in [0.1, 0.15) is 22.8 Å². The van der Waals surface area contributed by atoms with Crippen LogP contribution in [0.2, 0.25) is 0 Å². The van der Waals surface area contributed by atoms with Gasteiger partial charge in [-0.2, -0.15) is 0 Å². The number of anilines is 1. The molecule has 0 bridgehead atoms. The van der Waals surface area contributed by atoms with Crippen LogP contribution in [0.5, 0.6) is 0 Å². The number of hydrogen-bond donors (Lipinski definition) is 2. The third-order valence-electron chi connectivity index (χ3n) is 4.01. The molecule has 0 unspecified atom stereocenters. The van der Waals surface area contributed by atoms with Crippen molar-refractivity contribution in [3.63, 3.8) is 0 Å². The Labute approximate surface area is 122 Å². The van der Waals surface area contributed by atoms with E-state index < -0.39 is 17.4 Å². The second-order valence-electron chi connectivity index (χ2n) is 5.22. The van der Waals surface area contributed by atoms with E-state index in [1.807, 2.05) is 6.07 Å². The Balaban J connectivity index is 2.03. The van der Waals surface area contributed by atoms with Crippen LogP contribution < -0.4 is 5.32 Å². The van der Waals surface area contributed by atoms with Crippen LogP contribution in [-0.4, -0.2) is 16.8 Å². The van der Waals surface area contributed by atoms with E-state index in [1.54, 1.807) is 55.5 Å². The van der Waals surface area contributed by atoms with Crippen LogP contribution >= 0.6 is 0 Å². The van der Waals surface area contributed by atoms with E-state index in [-0.39, 0.29) is 5.78 Å². The summed E-state index contributed by atoms with van der Waals surface area (Å²) in [5.41, 5.74) is -0.344. The average molecular weight is 281 g/mol. The predicted molar refractivity (Wildman–Crippen MR) is 78.9 cm³/mol. The molecule has 0 spiro atoms. The second kappa shape index (κ2) is 4.82. The minimum atomic E-state index is -1.83. The lowest BCUT2D eigenvalue weighted by Gasteiger charge is -2.27. The third-order valence-corrected chi connectivity index (χ3v) is 4.01. The lowest BCUT2D eigenvalue weighted by molar-refractivity contribution is -0.137. The van der Waals surface area contributed by atoms with Gasteiger partial charge in [0.25, 0.3) is 5.91 Å². The largest absolute Gasteiger partial charge is 0.375 e. The number of aliphatic hydroxyl groups is 1. The smallest absolute Gasteiger partial charge is 0.261 e. The number of Topliss-reactive ketones (excluding diaryl/α,β-unsaturated/α-hetero) is 1. The highest BCUT2D eigenvalue weighted by molar-refractivity contribution is 6.10. The molecule has 1 aliphatic rings. The molecule has 2 aromatic rings. The fraction of sp³-hybridized carbons (Fsp3) is 0.176. The van der Waals surface area contributed by atoms with Gasteiger partial charge in [-0.1, -0.05) is 55.5 Å². The van der Waals surface area contributed by atoms with Gasteiger partial charge in [-0.15, -0.1) is 0 Å². The Morgan fingerprint density at radius 3 is 2.43 bits per heavy atom. The maximum Gasteiger partial charge on any atom is 0.261 e. The van der Waals surface area contributed by atoms with Crippen molar-refractivity contribution in [1.29, 1.82) is 0 Å². The van der Waals surface area contributed by atoms with Gasteiger partial charge >= 0.3 is 0 Å². The summed E-state index contributed by atoms with van der Waals surface area (Å²) in [6.45, 7) is 1.58. The van der Waals surface area contributed by atoms with Gasteiger partial charge in [0.15, 0.2) is 11.4 Å². The topological polar surface area (TPSA) is 66.4 Å². The average Bonchev–Trinajstić information content (AvgIpc) is 2.79. The molecule has 4 heteroatoms. The van der Waals surface area contributed by atoms with Gasteiger partial charge < -0.3 is 10.4 Å². The molecule has 0 radical (unpaired) electrons. The van der Waals surface area contributed by atoms with Gasteiger partial charge in [-0.3, -0.25) is 9.59 Å². The van der Waals surface area contributed by atoms with Crippen LogP contribution in [0.4, 0.5) is 5.69 Å².